The van der Waals surface area contributed by atoms with Crippen molar-refractivity contribution in [2.45, 2.75) is 49.1 Å². The van der Waals surface area contributed by atoms with Crippen LogP contribution in [0.1, 0.15) is 38.4 Å². The number of carbonyl (C=O) groups is 1. The molecule has 0 aromatic carbocycles. The van der Waals surface area contributed by atoms with Crippen molar-refractivity contribution in [2.75, 3.05) is 12.0 Å². The third kappa shape index (κ3) is 3.45. The highest BCUT2D eigenvalue weighted by Crippen LogP contribution is 2.49. The van der Waals surface area contributed by atoms with Crippen LogP contribution in [0.3, 0.4) is 0 Å². The van der Waals surface area contributed by atoms with E-state index in [1.165, 1.54) is 24.6 Å². The summed E-state index contributed by atoms with van der Waals surface area (Å²) in [6.07, 6.45) is 4.57. The van der Waals surface area contributed by atoms with Gasteiger partial charge in [-0.1, -0.05) is 25.6 Å². The molecule has 5 nitrogen and oxygen atoms in total. The van der Waals surface area contributed by atoms with E-state index in [1.54, 1.807) is 0 Å². The fourth-order valence-corrected chi connectivity index (χ4v) is 3.40. The maximum absolute atomic E-state index is 10.7. The van der Waals surface area contributed by atoms with Crippen molar-refractivity contribution >= 4 is 29.5 Å². The fraction of sp³-hybridized carbons (Fsp3) is 0.750. The highest BCUT2D eigenvalue weighted by atomic mass is 32.2. The van der Waals surface area contributed by atoms with Crippen LogP contribution >= 0.6 is 23.5 Å². The summed E-state index contributed by atoms with van der Waals surface area (Å²) < 4.78 is 2.42. The molecule has 1 fully saturated rings. The van der Waals surface area contributed by atoms with E-state index in [0.717, 1.165) is 17.5 Å². The lowest BCUT2D eigenvalue weighted by Crippen LogP contribution is -2.18. The number of hydrogen-bond donors (Lipinski definition) is 1. The van der Waals surface area contributed by atoms with Crippen molar-refractivity contribution in [3.05, 3.63) is 5.82 Å². The molecule has 0 amide bonds. The van der Waals surface area contributed by atoms with Gasteiger partial charge in [-0.3, -0.25) is 4.79 Å². The number of aliphatic carboxylic acids is 1. The average Bonchev–Trinajstić information content (AvgIpc) is 3.00. The molecule has 1 aliphatic rings. The van der Waals surface area contributed by atoms with Gasteiger partial charge in [-0.05, 0) is 19.1 Å². The van der Waals surface area contributed by atoms with Crippen LogP contribution in [0, 0.1) is 0 Å². The Morgan fingerprint density at radius 2 is 2.16 bits per heavy atom. The van der Waals surface area contributed by atoms with Gasteiger partial charge in [0.05, 0.1) is 5.75 Å². The van der Waals surface area contributed by atoms with Gasteiger partial charge in [0.25, 0.3) is 0 Å². The molecule has 0 aliphatic heterocycles. The van der Waals surface area contributed by atoms with Gasteiger partial charge in [0.2, 0.25) is 0 Å². The number of hydrogen-bond acceptors (Lipinski definition) is 5. The molecule has 1 heterocycles. The molecular formula is C12H19N3O2S2. The number of thioether (sulfide) groups is 2. The molecule has 0 radical (unpaired) electrons. The van der Waals surface area contributed by atoms with Crippen LogP contribution in [-0.4, -0.2) is 42.6 Å². The van der Waals surface area contributed by atoms with Gasteiger partial charge in [0, 0.05) is 17.2 Å². The molecule has 2 rings (SSSR count). The number of nitrogens with zero attached hydrogens (tertiary/aromatic N) is 3. The second-order valence-corrected chi connectivity index (χ2v) is 7.37. The molecule has 0 unspecified atom stereocenters. The molecule has 7 heteroatoms. The van der Waals surface area contributed by atoms with E-state index < -0.39 is 5.97 Å². The fourth-order valence-electron chi connectivity index (χ4n) is 1.96. The molecule has 1 aliphatic carbocycles. The third-order valence-electron chi connectivity index (χ3n) is 3.27. The van der Waals surface area contributed by atoms with Crippen molar-refractivity contribution in [2.24, 2.45) is 0 Å². The van der Waals surface area contributed by atoms with Gasteiger partial charge < -0.3 is 9.67 Å². The molecule has 1 aromatic heterocycles. The van der Waals surface area contributed by atoms with Crippen LogP contribution in [0.5, 0.6) is 0 Å². The van der Waals surface area contributed by atoms with Crippen LogP contribution < -0.4 is 0 Å². The normalized spacial score (nSPS) is 16.8. The second-order valence-electron chi connectivity index (χ2n) is 5.15. The summed E-state index contributed by atoms with van der Waals surface area (Å²) in [4.78, 5) is 10.7. The number of rotatable bonds is 7. The SMILES string of the molecule is CSC1(Cn2c(SCC(=O)O)nnc2C(C)C)CC1. The van der Waals surface area contributed by atoms with Gasteiger partial charge in [-0.15, -0.1) is 10.2 Å². The largest absolute Gasteiger partial charge is 0.481 e. The maximum atomic E-state index is 10.7. The topological polar surface area (TPSA) is 68.0 Å². The van der Waals surface area contributed by atoms with E-state index in [4.69, 9.17) is 5.11 Å². The van der Waals surface area contributed by atoms with E-state index in [2.05, 4.69) is 34.9 Å². The summed E-state index contributed by atoms with van der Waals surface area (Å²) in [6, 6.07) is 0. The molecule has 0 saturated heterocycles. The first-order valence-electron chi connectivity index (χ1n) is 6.30. The summed E-state index contributed by atoms with van der Waals surface area (Å²) in [5, 5.41) is 17.9. The van der Waals surface area contributed by atoms with Crippen LogP contribution in [0.25, 0.3) is 0 Å². The highest BCUT2D eigenvalue weighted by Gasteiger charge is 2.43. The molecule has 1 N–H and O–H groups in total. The number of carboxylic acid groups (broad SMARTS) is 1. The Kier molecular flexibility index (Phi) is 4.45. The Balaban J connectivity index is 2.20. The lowest BCUT2D eigenvalue weighted by molar-refractivity contribution is -0.133. The Morgan fingerprint density at radius 3 is 2.63 bits per heavy atom. The first-order chi connectivity index (χ1) is 8.97. The van der Waals surface area contributed by atoms with Crippen molar-refractivity contribution < 1.29 is 9.90 Å². The van der Waals surface area contributed by atoms with Crippen LogP contribution in [-0.2, 0) is 11.3 Å². The Morgan fingerprint density at radius 1 is 1.47 bits per heavy atom. The molecule has 1 aromatic rings. The van der Waals surface area contributed by atoms with Crippen LogP contribution in [0.2, 0.25) is 0 Å². The van der Waals surface area contributed by atoms with E-state index in [1.807, 2.05) is 11.8 Å². The summed E-state index contributed by atoms with van der Waals surface area (Å²) >= 11 is 3.14. The first-order valence-corrected chi connectivity index (χ1v) is 8.51. The van der Waals surface area contributed by atoms with Gasteiger partial charge in [0.1, 0.15) is 5.82 Å². The predicted molar refractivity (Wildman–Crippen MR) is 78.0 cm³/mol. The van der Waals surface area contributed by atoms with Crippen LogP contribution in [0.4, 0.5) is 0 Å². The molecule has 19 heavy (non-hydrogen) atoms. The van der Waals surface area contributed by atoms with Crippen molar-refractivity contribution in [1.29, 1.82) is 0 Å². The van der Waals surface area contributed by atoms with E-state index >= 15 is 0 Å². The average molecular weight is 301 g/mol. The smallest absolute Gasteiger partial charge is 0.313 e. The zero-order valence-electron chi connectivity index (χ0n) is 11.4. The Bertz CT molecular complexity index is 470. The Hall–Kier alpha value is -0.690. The van der Waals surface area contributed by atoms with E-state index in [0.29, 0.717) is 10.7 Å². The standard InChI is InChI=1S/C12H19N3O2S2/c1-8(2)10-13-14-11(19-6-9(16)17)15(10)7-12(18-3)4-5-12/h8H,4-7H2,1-3H3,(H,16,17). The summed E-state index contributed by atoms with van der Waals surface area (Å²) in [5.74, 6) is 0.455. The van der Waals surface area contributed by atoms with Gasteiger partial charge >= 0.3 is 5.97 Å². The summed E-state index contributed by atoms with van der Waals surface area (Å²) in [5.41, 5.74) is 0. The van der Waals surface area contributed by atoms with Gasteiger partial charge in [-0.25, -0.2) is 0 Å². The molecule has 0 atom stereocenters. The minimum absolute atomic E-state index is 0.0303. The predicted octanol–water partition coefficient (Wildman–Crippen LogP) is 2.47. The molecular weight excluding hydrogens is 282 g/mol. The quantitative estimate of drug-likeness (QED) is 0.780. The van der Waals surface area contributed by atoms with Crippen LogP contribution in [0.15, 0.2) is 5.16 Å². The number of aromatic nitrogens is 3. The maximum Gasteiger partial charge on any atom is 0.313 e. The van der Waals surface area contributed by atoms with Gasteiger partial charge in [0.15, 0.2) is 5.16 Å². The van der Waals surface area contributed by atoms with Crippen molar-refractivity contribution in [3.8, 4) is 0 Å². The molecule has 106 valence electrons. The first kappa shape index (κ1) is 14.7. The van der Waals surface area contributed by atoms with Gasteiger partial charge in [-0.2, -0.15) is 11.8 Å². The minimum atomic E-state index is -0.823. The molecule has 0 spiro atoms. The second kappa shape index (κ2) is 5.75. The lowest BCUT2D eigenvalue weighted by atomic mass is 10.2. The zero-order valence-corrected chi connectivity index (χ0v) is 13.1. The van der Waals surface area contributed by atoms with Crippen molar-refractivity contribution in [3.63, 3.8) is 0 Å². The molecule has 1 saturated carbocycles. The zero-order chi connectivity index (χ0) is 14.0. The highest BCUT2D eigenvalue weighted by molar-refractivity contribution is 8.00. The van der Waals surface area contributed by atoms with Crippen molar-refractivity contribution in [1.82, 2.24) is 14.8 Å². The molecule has 0 bridgehead atoms. The van der Waals surface area contributed by atoms with E-state index in [-0.39, 0.29) is 5.75 Å². The van der Waals surface area contributed by atoms with E-state index in [9.17, 15) is 4.79 Å². The third-order valence-corrected chi connectivity index (χ3v) is 5.63. The minimum Gasteiger partial charge on any atom is -0.481 e. The number of carboxylic acids is 1. The lowest BCUT2D eigenvalue weighted by Gasteiger charge is -2.17. The summed E-state index contributed by atoms with van der Waals surface area (Å²) in [6.45, 7) is 5.06. The monoisotopic (exact) mass is 301 g/mol. The Labute approximate surface area is 121 Å². The summed E-state index contributed by atoms with van der Waals surface area (Å²) in [7, 11) is 0.